The number of carbonyl (C=O) groups is 4. The van der Waals surface area contributed by atoms with Gasteiger partial charge in [-0.15, -0.1) is 0 Å². The monoisotopic (exact) mass is 521 g/mol. The van der Waals surface area contributed by atoms with Crippen molar-refractivity contribution in [3.05, 3.63) is 23.8 Å². The van der Waals surface area contributed by atoms with Crippen LogP contribution in [0.3, 0.4) is 0 Å². The first-order chi connectivity index (χ1) is 17.5. The maximum Gasteiger partial charge on any atom is 0.508 e. The summed E-state index contributed by atoms with van der Waals surface area (Å²) in [6.07, 6.45) is 3.38. The molecule has 10 nitrogen and oxygen atoms in total. The highest BCUT2D eigenvalue weighted by atomic mass is 16.7. The molecule has 1 saturated carbocycles. The quantitative estimate of drug-likeness (QED) is 0.303. The number of esters is 2. The third-order valence-electron chi connectivity index (χ3n) is 5.87. The van der Waals surface area contributed by atoms with E-state index in [4.69, 9.17) is 18.9 Å². The second-order valence-electron chi connectivity index (χ2n) is 9.99. The van der Waals surface area contributed by atoms with Crippen LogP contribution in [0.4, 0.5) is 4.79 Å². The second-order valence-corrected chi connectivity index (χ2v) is 9.99. The van der Waals surface area contributed by atoms with E-state index in [1.165, 1.54) is 12.1 Å². The SMILES string of the molecule is CC(CN[C@@H](Cc1ccc(OC(=O)C(C)C)c(OC(=O)C(C)C)c1)C(=O)O)OC(=O)OC1CCCCC1. The van der Waals surface area contributed by atoms with Gasteiger partial charge in [-0.3, -0.25) is 14.4 Å². The van der Waals surface area contributed by atoms with Gasteiger partial charge in [-0.1, -0.05) is 40.2 Å². The summed E-state index contributed by atoms with van der Waals surface area (Å²) in [5, 5.41) is 12.6. The molecule has 0 radical (unpaired) electrons. The summed E-state index contributed by atoms with van der Waals surface area (Å²) < 4.78 is 21.4. The Morgan fingerprint density at radius 3 is 2.08 bits per heavy atom. The normalized spacial score (nSPS) is 15.6. The molecule has 0 saturated heterocycles. The van der Waals surface area contributed by atoms with E-state index >= 15 is 0 Å². The minimum absolute atomic E-state index is 0.0384. The van der Waals surface area contributed by atoms with Gasteiger partial charge >= 0.3 is 24.1 Å². The van der Waals surface area contributed by atoms with E-state index in [-0.39, 0.29) is 30.6 Å². The lowest BCUT2D eigenvalue weighted by atomic mass is 9.98. The highest BCUT2D eigenvalue weighted by Crippen LogP contribution is 2.30. The molecule has 1 unspecified atom stereocenters. The predicted octanol–water partition coefficient (Wildman–Crippen LogP) is 4.27. The molecule has 1 aromatic carbocycles. The van der Waals surface area contributed by atoms with Crippen LogP contribution in [0.25, 0.3) is 0 Å². The lowest BCUT2D eigenvalue weighted by Gasteiger charge is -2.23. The number of rotatable bonds is 12. The highest BCUT2D eigenvalue weighted by Gasteiger charge is 2.24. The molecule has 37 heavy (non-hydrogen) atoms. The number of hydrogen-bond donors (Lipinski definition) is 2. The minimum atomic E-state index is -1.10. The maximum absolute atomic E-state index is 12.2. The number of aliphatic carboxylic acids is 1. The molecule has 0 aromatic heterocycles. The van der Waals surface area contributed by atoms with Gasteiger partial charge in [0.25, 0.3) is 0 Å². The number of carboxylic acids is 1. The fourth-order valence-corrected chi connectivity index (χ4v) is 3.64. The van der Waals surface area contributed by atoms with Crippen LogP contribution in [0.5, 0.6) is 11.5 Å². The second kappa shape index (κ2) is 14.6. The van der Waals surface area contributed by atoms with Crippen molar-refractivity contribution < 1.29 is 43.2 Å². The Bertz CT molecular complexity index is 938. The Morgan fingerprint density at radius 1 is 0.919 bits per heavy atom. The molecule has 0 bridgehead atoms. The summed E-state index contributed by atoms with van der Waals surface area (Å²) in [6, 6.07) is 3.56. The molecule has 1 fully saturated rings. The van der Waals surface area contributed by atoms with Crippen molar-refractivity contribution in [3.8, 4) is 11.5 Å². The van der Waals surface area contributed by atoms with E-state index in [1.54, 1.807) is 40.7 Å². The first-order valence-corrected chi connectivity index (χ1v) is 12.9. The first kappa shape index (κ1) is 30.1. The molecular formula is C27H39NO9. The summed E-state index contributed by atoms with van der Waals surface area (Å²) in [6.45, 7) is 8.44. The standard InChI is InChI=1S/C27H39NO9/c1-16(2)25(31)36-22-12-11-19(14-23(22)37-26(32)17(3)4)13-21(24(29)30)28-15-18(5)34-27(33)35-20-9-7-6-8-10-20/h11-12,14,16-18,20-21,28H,6-10,13,15H2,1-5H3,(H,29,30)/t18?,21-/m0/s1. The zero-order valence-electron chi connectivity index (χ0n) is 22.3. The fraction of sp³-hybridized carbons (Fsp3) is 0.630. The molecule has 2 atom stereocenters. The van der Waals surface area contributed by atoms with Crippen LogP contribution in [0.2, 0.25) is 0 Å². The number of benzene rings is 1. The van der Waals surface area contributed by atoms with Crippen molar-refractivity contribution >= 4 is 24.1 Å². The van der Waals surface area contributed by atoms with Gasteiger partial charge < -0.3 is 29.4 Å². The zero-order chi connectivity index (χ0) is 27.5. The van der Waals surface area contributed by atoms with E-state index in [0.717, 1.165) is 32.1 Å². The van der Waals surface area contributed by atoms with Crippen molar-refractivity contribution in [2.45, 2.75) is 91.4 Å². The molecule has 0 spiro atoms. The van der Waals surface area contributed by atoms with Crippen LogP contribution >= 0.6 is 0 Å². The van der Waals surface area contributed by atoms with Gasteiger partial charge in [-0.2, -0.15) is 0 Å². The average molecular weight is 522 g/mol. The third-order valence-corrected chi connectivity index (χ3v) is 5.87. The highest BCUT2D eigenvalue weighted by molar-refractivity contribution is 5.78. The van der Waals surface area contributed by atoms with Crippen molar-refractivity contribution in [1.82, 2.24) is 5.32 Å². The molecule has 2 rings (SSSR count). The third kappa shape index (κ3) is 10.4. The molecule has 10 heteroatoms. The lowest BCUT2D eigenvalue weighted by molar-refractivity contribution is -0.140. The Hall–Kier alpha value is -3.14. The predicted molar refractivity (Wildman–Crippen MR) is 134 cm³/mol. The van der Waals surface area contributed by atoms with Gasteiger partial charge in [0.15, 0.2) is 11.5 Å². The van der Waals surface area contributed by atoms with Gasteiger partial charge in [0.05, 0.1) is 11.8 Å². The van der Waals surface area contributed by atoms with Crippen LogP contribution in [0.15, 0.2) is 18.2 Å². The molecule has 0 heterocycles. The average Bonchev–Trinajstić information content (AvgIpc) is 2.83. The number of ether oxygens (including phenoxy) is 4. The summed E-state index contributed by atoms with van der Waals surface area (Å²) in [5.74, 6) is -2.80. The Labute approximate surface area is 218 Å². The van der Waals surface area contributed by atoms with Gasteiger partial charge in [-0.05, 0) is 56.7 Å². The van der Waals surface area contributed by atoms with E-state index < -0.39 is 48.0 Å². The smallest absolute Gasteiger partial charge is 0.480 e. The number of hydrogen-bond acceptors (Lipinski definition) is 9. The topological polar surface area (TPSA) is 137 Å². The zero-order valence-corrected chi connectivity index (χ0v) is 22.3. The summed E-state index contributed by atoms with van der Waals surface area (Å²) in [5.41, 5.74) is 0.543. The molecule has 1 aliphatic rings. The summed E-state index contributed by atoms with van der Waals surface area (Å²) in [7, 11) is 0. The van der Waals surface area contributed by atoms with Crippen LogP contribution in [0.1, 0.15) is 72.3 Å². The van der Waals surface area contributed by atoms with Gasteiger partial charge in [0, 0.05) is 6.54 Å². The van der Waals surface area contributed by atoms with Crippen LogP contribution < -0.4 is 14.8 Å². The maximum atomic E-state index is 12.2. The van der Waals surface area contributed by atoms with Crippen LogP contribution in [-0.2, 0) is 30.3 Å². The van der Waals surface area contributed by atoms with Crippen molar-refractivity contribution in [1.29, 1.82) is 0 Å². The molecule has 206 valence electrons. The molecular weight excluding hydrogens is 482 g/mol. The Balaban J connectivity index is 2.02. The van der Waals surface area contributed by atoms with Crippen molar-refractivity contribution in [2.75, 3.05) is 6.54 Å². The molecule has 1 aromatic rings. The van der Waals surface area contributed by atoms with Crippen molar-refractivity contribution in [3.63, 3.8) is 0 Å². The Kier molecular flexibility index (Phi) is 11.8. The number of nitrogens with one attached hydrogen (secondary N) is 1. The summed E-state index contributed by atoms with van der Waals surface area (Å²) >= 11 is 0. The molecule has 0 amide bonds. The molecule has 0 aliphatic heterocycles. The van der Waals surface area contributed by atoms with Crippen molar-refractivity contribution in [2.24, 2.45) is 11.8 Å². The largest absolute Gasteiger partial charge is 0.508 e. The lowest BCUT2D eigenvalue weighted by Crippen LogP contribution is -2.43. The van der Waals surface area contributed by atoms with Gasteiger partial charge in [0.1, 0.15) is 18.2 Å². The first-order valence-electron chi connectivity index (χ1n) is 12.9. The van der Waals surface area contributed by atoms with Crippen LogP contribution in [0, 0.1) is 11.8 Å². The van der Waals surface area contributed by atoms with Gasteiger partial charge in [-0.25, -0.2) is 4.79 Å². The Morgan fingerprint density at radius 2 is 1.51 bits per heavy atom. The summed E-state index contributed by atoms with van der Waals surface area (Å²) in [4.78, 5) is 48.2. The molecule has 2 N–H and O–H groups in total. The molecule has 1 aliphatic carbocycles. The van der Waals surface area contributed by atoms with E-state index in [0.29, 0.717) is 5.56 Å². The van der Waals surface area contributed by atoms with E-state index in [1.807, 2.05) is 0 Å². The van der Waals surface area contributed by atoms with E-state index in [2.05, 4.69) is 5.32 Å². The van der Waals surface area contributed by atoms with Gasteiger partial charge in [0.2, 0.25) is 0 Å². The minimum Gasteiger partial charge on any atom is -0.480 e. The van der Waals surface area contributed by atoms with E-state index in [9.17, 15) is 24.3 Å². The number of carboxylic acid groups (broad SMARTS) is 1. The van der Waals surface area contributed by atoms with Crippen LogP contribution in [-0.4, -0.2) is 54.0 Å². The fourth-order valence-electron chi connectivity index (χ4n) is 3.64. The number of carbonyl (C=O) groups excluding carboxylic acids is 3.